The number of hydrogen-bond acceptors (Lipinski definition) is 4. The molecule has 0 saturated carbocycles. The average Bonchev–Trinajstić information content (AvgIpc) is 2.93. The topological polar surface area (TPSA) is 80.6 Å². The fourth-order valence-electron chi connectivity index (χ4n) is 2.01. The number of carbonyl (C=O) groups excluding carboxylic acids is 1. The van der Waals surface area contributed by atoms with Crippen molar-refractivity contribution in [3.63, 3.8) is 0 Å². The van der Waals surface area contributed by atoms with Crippen molar-refractivity contribution >= 4 is 5.91 Å². The Morgan fingerprint density at radius 3 is 3.11 bits per heavy atom. The van der Waals surface area contributed by atoms with Gasteiger partial charge in [0.2, 0.25) is 5.91 Å². The van der Waals surface area contributed by atoms with E-state index in [9.17, 15) is 14.7 Å². The van der Waals surface area contributed by atoms with Crippen LogP contribution in [-0.4, -0.2) is 41.4 Å². The molecular weight excluding hydrogens is 248 g/mol. The van der Waals surface area contributed by atoms with Crippen LogP contribution in [0.25, 0.3) is 0 Å². The van der Waals surface area contributed by atoms with Crippen LogP contribution in [0.3, 0.4) is 0 Å². The number of aliphatic hydroxyl groups excluding tert-OH is 1. The van der Waals surface area contributed by atoms with E-state index in [1.54, 1.807) is 18.3 Å². The lowest BCUT2D eigenvalue weighted by molar-refractivity contribution is -0.125. The molecule has 0 aliphatic carbocycles. The molecule has 1 amide bonds. The van der Waals surface area contributed by atoms with Crippen LogP contribution in [-0.2, 0) is 16.1 Å². The Labute approximate surface area is 111 Å². The summed E-state index contributed by atoms with van der Waals surface area (Å²) in [5, 5.41) is 12.5. The fourth-order valence-corrected chi connectivity index (χ4v) is 2.01. The first-order chi connectivity index (χ1) is 9.16. The Kier molecular flexibility index (Phi) is 4.70. The second-order valence-electron chi connectivity index (χ2n) is 4.65. The number of hydrogen-bond donors (Lipinski definition) is 2. The Bertz CT molecular complexity index is 480. The van der Waals surface area contributed by atoms with E-state index in [0.29, 0.717) is 13.2 Å². The zero-order chi connectivity index (χ0) is 13.7. The van der Waals surface area contributed by atoms with Gasteiger partial charge in [-0.05, 0) is 12.5 Å². The minimum atomic E-state index is -0.786. The van der Waals surface area contributed by atoms with Gasteiger partial charge in [0.25, 0.3) is 5.56 Å². The Morgan fingerprint density at radius 1 is 1.58 bits per heavy atom. The summed E-state index contributed by atoms with van der Waals surface area (Å²) in [5.41, 5.74) is -0.169. The molecule has 1 aliphatic heterocycles. The monoisotopic (exact) mass is 266 g/mol. The Morgan fingerprint density at radius 2 is 2.42 bits per heavy atom. The molecule has 1 aromatic rings. The van der Waals surface area contributed by atoms with E-state index in [0.717, 1.165) is 6.42 Å². The zero-order valence-corrected chi connectivity index (χ0v) is 10.6. The average molecular weight is 266 g/mol. The number of nitrogens with one attached hydrogen (secondary N) is 1. The van der Waals surface area contributed by atoms with Gasteiger partial charge in [0.1, 0.15) is 0 Å². The van der Waals surface area contributed by atoms with E-state index in [1.165, 1.54) is 10.6 Å². The molecule has 0 radical (unpaired) electrons. The molecule has 2 rings (SSSR count). The first kappa shape index (κ1) is 13.8. The predicted molar refractivity (Wildman–Crippen MR) is 68.6 cm³/mol. The molecular formula is C13H18N2O4. The largest absolute Gasteiger partial charge is 0.389 e. The molecule has 2 N–H and O–H groups in total. The van der Waals surface area contributed by atoms with Crippen LogP contribution < -0.4 is 10.9 Å². The van der Waals surface area contributed by atoms with Gasteiger partial charge < -0.3 is 19.7 Å². The Balaban J connectivity index is 1.78. The number of carbonyl (C=O) groups is 1. The lowest BCUT2D eigenvalue weighted by atomic mass is 10.1. The summed E-state index contributed by atoms with van der Waals surface area (Å²) in [7, 11) is 0. The molecule has 2 heterocycles. The molecule has 19 heavy (non-hydrogen) atoms. The minimum Gasteiger partial charge on any atom is -0.389 e. The molecule has 2 atom stereocenters. The maximum atomic E-state index is 11.7. The number of rotatable bonds is 5. The van der Waals surface area contributed by atoms with Crippen LogP contribution in [0.15, 0.2) is 29.2 Å². The van der Waals surface area contributed by atoms with E-state index >= 15 is 0 Å². The van der Waals surface area contributed by atoms with E-state index in [2.05, 4.69) is 5.32 Å². The van der Waals surface area contributed by atoms with Gasteiger partial charge in [-0.2, -0.15) is 0 Å². The van der Waals surface area contributed by atoms with Crippen molar-refractivity contribution in [2.45, 2.75) is 19.1 Å². The number of pyridine rings is 1. The second-order valence-corrected chi connectivity index (χ2v) is 4.65. The van der Waals surface area contributed by atoms with Crippen LogP contribution in [0.4, 0.5) is 0 Å². The van der Waals surface area contributed by atoms with E-state index < -0.39 is 6.10 Å². The zero-order valence-electron chi connectivity index (χ0n) is 10.6. The number of nitrogens with zero attached hydrogens (tertiary/aromatic N) is 1. The van der Waals surface area contributed by atoms with E-state index in [1.807, 2.05) is 0 Å². The van der Waals surface area contributed by atoms with Crippen molar-refractivity contribution in [2.24, 2.45) is 5.92 Å². The molecule has 104 valence electrons. The molecule has 1 aromatic heterocycles. The SMILES string of the molecule is O=C(NCC(O)Cn1ccccc1=O)C1CCOC1. The highest BCUT2D eigenvalue weighted by atomic mass is 16.5. The van der Waals surface area contributed by atoms with Gasteiger partial charge in [0, 0.05) is 25.4 Å². The van der Waals surface area contributed by atoms with Crippen LogP contribution in [0, 0.1) is 5.92 Å². The van der Waals surface area contributed by atoms with Crippen LogP contribution in [0.1, 0.15) is 6.42 Å². The molecule has 0 bridgehead atoms. The van der Waals surface area contributed by atoms with Crippen molar-refractivity contribution in [3.8, 4) is 0 Å². The number of aromatic nitrogens is 1. The quantitative estimate of drug-likeness (QED) is 0.743. The first-order valence-corrected chi connectivity index (χ1v) is 6.36. The molecule has 0 aromatic carbocycles. The van der Waals surface area contributed by atoms with Crippen LogP contribution >= 0.6 is 0 Å². The third-order valence-electron chi connectivity index (χ3n) is 3.12. The predicted octanol–water partition coefficient (Wildman–Crippen LogP) is -0.638. The maximum absolute atomic E-state index is 11.7. The standard InChI is InChI=1S/C13H18N2O4/c16-11(8-15-5-2-1-3-12(15)17)7-14-13(18)10-4-6-19-9-10/h1-3,5,10-11,16H,4,6-9H2,(H,14,18). The summed E-state index contributed by atoms with van der Waals surface area (Å²) >= 11 is 0. The summed E-state index contributed by atoms with van der Waals surface area (Å²) in [4.78, 5) is 23.1. The van der Waals surface area contributed by atoms with Gasteiger partial charge >= 0.3 is 0 Å². The van der Waals surface area contributed by atoms with Crippen molar-refractivity contribution in [1.82, 2.24) is 9.88 Å². The van der Waals surface area contributed by atoms with Gasteiger partial charge in [-0.1, -0.05) is 6.07 Å². The molecule has 2 unspecified atom stereocenters. The normalized spacial score (nSPS) is 20.2. The molecule has 1 aliphatic rings. The fraction of sp³-hybridized carbons (Fsp3) is 0.538. The Hall–Kier alpha value is -1.66. The molecule has 6 heteroatoms. The number of ether oxygens (including phenoxy) is 1. The molecule has 0 spiro atoms. The lowest BCUT2D eigenvalue weighted by Crippen LogP contribution is -2.39. The van der Waals surface area contributed by atoms with Gasteiger partial charge in [0.15, 0.2) is 0 Å². The summed E-state index contributed by atoms with van der Waals surface area (Å²) in [6.07, 6.45) is 1.55. The van der Waals surface area contributed by atoms with Crippen molar-refractivity contribution < 1.29 is 14.6 Å². The lowest BCUT2D eigenvalue weighted by Gasteiger charge is -2.15. The summed E-state index contributed by atoms with van der Waals surface area (Å²) < 4.78 is 6.54. The van der Waals surface area contributed by atoms with E-state index in [-0.39, 0.29) is 30.5 Å². The number of aliphatic hydroxyl groups is 1. The van der Waals surface area contributed by atoms with Crippen molar-refractivity contribution in [2.75, 3.05) is 19.8 Å². The highest BCUT2D eigenvalue weighted by molar-refractivity contribution is 5.78. The van der Waals surface area contributed by atoms with Gasteiger partial charge in [0.05, 0.1) is 25.2 Å². The van der Waals surface area contributed by atoms with Gasteiger partial charge in [-0.3, -0.25) is 9.59 Å². The van der Waals surface area contributed by atoms with Crippen molar-refractivity contribution in [3.05, 3.63) is 34.7 Å². The minimum absolute atomic E-state index is 0.100. The number of amides is 1. The van der Waals surface area contributed by atoms with Crippen LogP contribution in [0.2, 0.25) is 0 Å². The summed E-state index contributed by atoms with van der Waals surface area (Å²) in [6, 6.07) is 4.80. The summed E-state index contributed by atoms with van der Waals surface area (Å²) in [6.45, 7) is 1.36. The van der Waals surface area contributed by atoms with Crippen LogP contribution in [0.5, 0.6) is 0 Å². The smallest absolute Gasteiger partial charge is 0.250 e. The van der Waals surface area contributed by atoms with Crippen molar-refractivity contribution in [1.29, 1.82) is 0 Å². The highest BCUT2D eigenvalue weighted by Gasteiger charge is 2.23. The molecule has 6 nitrogen and oxygen atoms in total. The summed E-state index contributed by atoms with van der Waals surface area (Å²) in [5.74, 6) is -0.219. The molecule has 1 saturated heterocycles. The second kappa shape index (κ2) is 6.49. The highest BCUT2D eigenvalue weighted by Crippen LogP contribution is 2.11. The van der Waals surface area contributed by atoms with Gasteiger partial charge in [-0.15, -0.1) is 0 Å². The first-order valence-electron chi connectivity index (χ1n) is 6.36. The maximum Gasteiger partial charge on any atom is 0.250 e. The van der Waals surface area contributed by atoms with E-state index in [4.69, 9.17) is 4.74 Å². The molecule has 1 fully saturated rings. The van der Waals surface area contributed by atoms with Gasteiger partial charge in [-0.25, -0.2) is 0 Å². The third-order valence-corrected chi connectivity index (χ3v) is 3.12. The third kappa shape index (κ3) is 3.90.